The molecular formula is C20H15Cl3N4. The first-order valence-corrected chi connectivity index (χ1v) is 9.40. The molecule has 1 aromatic heterocycles. The topological polar surface area (TPSA) is 41.1 Å². The van der Waals surface area contributed by atoms with Gasteiger partial charge in [0.25, 0.3) is 0 Å². The molecule has 1 aliphatic rings. The smallest absolute Gasteiger partial charge is 0.229 e. The first-order chi connectivity index (χ1) is 13.0. The van der Waals surface area contributed by atoms with Gasteiger partial charge in [0.15, 0.2) is 0 Å². The molecule has 2 aromatic carbocycles. The molecule has 0 atom stereocenters. The third-order valence-corrected chi connectivity index (χ3v) is 5.16. The number of nitrogens with one attached hydrogen (secondary N) is 1. The first-order valence-electron chi connectivity index (χ1n) is 8.27. The molecule has 0 spiro atoms. The largest absolute Gasteiger partial charge is 0.355 e. The monoisotopic (exact) mass is 416 g/mol. The predicted molar refractivity (Wildman–Crippen MR) is 114 cm³/mol. The molecule has 0 aliphatic carbocycles. The molecule has 7 heteroatoms. The van der Waals surface area contributed by atoms with E-state index >= 15 is 0 Å². The van der Waals surface area contributed by atoms with Crippen LogP contribution in [0.1, 0.15) is 11.1 Å². The van der Waals surface area contributed by atoms with Crippen LogP contribution < -0.4 is 10.2 Å². The average molecular weight is 418 g/mol. The molecule has 0 bridgehead atoms. The Morgan fingerprint density at radius 3 is 2.41 bits per heavy atom. The molecule has 1 N–H and O–H groups in total. The molecule has 4 nitrogen and oxygen atoms in total. The maximum atomic E-state index is 6.37. The molecule has 0 unspecified atom stereocenters. The van der Waals surface area contributed by atoms with E-state index in [-0.39, 0.29) is 0 Å². The highest BCUT2D eigenvalue weighted by Gasteiger charge is 2.21. The van der Waals surface area contributed by atoms with Gasteiger partial charge in [-0.1, -0.05) is 40.9 Å². The second-order valence-corrected chi connectivity index (χ2v) is 7.48. The number of aromatic nitrogens is 2. The number of fused-ring (bicyclic) bond motifs is 1. The summed E-state index contributed by atoms with van der Waals surface area (Å²) in [6.07, 6.45) is 3.83. The molecule has 27 heavy (non-hydrogen) atoms. The summed E-state index contributed by atoms with van der Waals surface area (Å²) in [6.45, 7) is 0.647. The van der Waals surface area contributed by atoms with E-state index in [4.69, 9.17) is 34.8 Å². The molecule has 0 radical (unpaired) electrons. The van der Waals surface area contributed by atoms with Crippen LogP contribution in [0.15, 0.2) is 48.7 Å². The Balaban J connectivity index is 1.68. The lowest BCUT2D eigenvalue weighted by Gasteiger charge is -2.27. The second kappa shape index (κ2) is 7.39. The molecule has 0 fully saturated rings. The molecular weight excluding hydrogens is 403 g/mol. The minimum atomic E-state index is 0.524. The fourth-order valence-corrected chi connectivity index (χ4v) is 3.80. The lowest BCUT2D eigenvalue weighted by Crippen LogP contribution is -2.25. The van der Waals surface area contributed by atoms with E-state index < -0.39 is 0 Å². The van der Waals surface area contributed by atoms with Crippen molar-refractivity contribution in [3.63, 3.8) is 0 Å². The molecule has 0 amide bonds. The minimum absolute atomic E-state index is 0.524. The number of hydrogen-bond acceptors (Lipinski definition) is 4. The maximum Gasteiger partial charge on any atom is 0.229 e. The number of nitrogens with zero attached hydrogens (tertiary/aromatic N) is 3. The van der Waals surface area contributed by atoms with Crippen LogP contribution in [0.25, 0.3) is 11.6 Å². The van der Waals surface area contributed by atoms with E-state index in [0.717, 1.165) is 28.2 Å². The fourth-order valence-electron chi connectivity index (χ4n) is 3.03. The zero-order chi connectivity index (χ0) is 19.0. The van der Waals surface area contributed by atoms with Crippen LogP contribution in [0.4, 0.5) is 17.5 Å². The van der Waals surface area contributed by atoms with E-state index in [0.29, 0.717) is 27.6 Å². The molecule has 0 saturated carbocycles. The summed E-state index contributed by atoms with van der Waals surface area (Å²) in [5.74, 6) is 1.36. The fraction of sp³-hybridized carbons (Fsp3) is 0.100. The summed E-state index contributed by atoms with van der Waals surface area (Å²) >= 11 is 18.7. The number of anilines is 3. The normalized spacial score (nSPS) is 13.2. The zero-order valence-corrected chi connectivity index (χ0v) is 16.6. The van der Waals surface area contributed by atoms with Gasteiger partial charge in [-0.3, -0.25) is 0 Å². The summed E-state index contributed by atoms with van der Waals surface area (Å²) < 4.78 is 0. The number of rotatable bonds is 3. The highest BCUT2D eigenvalue weighted by molar-refractivity contribution is 6.38. The Labute approximate surface area is 172 Å². The van der Waals surface area contributed by atoms with Crippen molar-refractivity contribution in [3.8, 4) is 0 Å². The van der Waals surface area contributed by atoms with Crippen LogP contribution in [-0.2, 0) is 0 Å². The Kier molecular flexibility index (Phi) is 4.96. The van der Waals surface area contributed by atoms with Crippen molar-refractivity contribution in [1.29, 1.82) is 0 Å². The summed E-state index contributed by atoms with van der Waals surface area (Å²) in [5, 5.41) is 5.14. The van der Waals surface area contributed by atoms with Crippen LogP contribution >= 0.6 is 34.8 Å². The summed E-state index contributed by atoms with van der Waals surface area (Å²) in [6, 6.07) is 12.9. The van der Waals surface area contributed by atoms with Gasteiger partial charge >= 0.3 is 0 Å². The van der Waals surface area contributed by atoms with Crippen molar-refractivity contribution in [1.82, 2.24) is 9.97 Å². The number of halogens is 3. The van der Waals surface area contributed by atoms with Gasteiger partial charge in [-0.2, -0.15) is 4.98 Å². The van der Waals surface area contributed by atoms with E-state index in [2.05, 4.69) is 20.2 Å². The highest BCUT2D eigenvalue weighted by Crippen LogP contribution is 2.37. The Hall–Kier alpha value is -2.27. The van der Waals surface area contributed by atoms with Gasteiger partial charge < -0.3 is 10.2 Å². The van der Waals surface area contributed by atoms with Gasteiger partial charge in [0.1, 0.15) is 5.82 Å². The predicted octanol–water partition coefficient (Wildman–Crippen LogP) is 6.17. The second-order valence-electron chi connectivity index (χ2n) is 6.23. The van der Waals surface area contributed by atoms with Crippen molar-refractivity contribution >= 4 is 63.9 Å². The van der Waals surface area contributed by atoms with Gasteiger partial charge in [0, 0.05) is 51.7 Å². The van der Waals surface area contributed by atoms with Crippen molar-refractivity contribution in [3.05, 3.63) is 74.9 Å². The Bertz CT molecular complexity index is 1010. The molecule has 4 rings (SSSR count). The molecule has 2 heterocycles. The SMILES string of the molecule is CN1CC(c2c(Cl)cccc2Cl)=Cc2cnc(Nc3ccc(Cl)cc3)nc21. The lowest BCUT2D eigenvalue weighted by atomic mass is 10.00. The van der Waals surface area contributed by atoms with Crippen LogP contribution in [0.2, 0.25) is 15.1 Å². The summed E-state index contributed by atoms with van der Waals surface area (Å²) in [4.78, 5) is 11.1. The zero-order valence-electron chi connectivity index (χ0n) is 14.4. The van der Waals surface area contributed by atoms with Gasteiger partial charge in [-0.05, 0) is 48.0 Å². The van der Waals surface area contributed by atoms with E-state index in [1.165, 1.54) is 0 Å². The van der Waals surface area contributed by atoms with Crippen molar-refractivity contribution in [2.24, 2.45) is 0 Å². The standard InChI is InChI=1S/C20H15Cl3N4/c1-27-11-13(18-16(22)3-2-4-17(18)23)9-12-10-24-20(26-19(12)27)25-15-7-5-14(21)6-8-15/h2-10H,11H2,1H3,(H,24,25,26). The highest BCUT2D eigenvalue weighted by atomic mass is 35.5. The minimum Gasteiger partial charge on any atom is -0.355 e. The number of hydrogen-bond donors (Lipinski definition) is 1. The van der Waals surface area contributed by atoms with Crippen molar-refractivity contribution in [2.45, 2.75) is 0 Å². The van der Waals surface area contributed by atoms with E-state index in [1.54, 1.807) is 6.20 Å². The van der Waals surface area contributed by atoms with Crippen LogP contribution in [-0.4, -0.2) is 23.6 Å². The van der Waals surface area contributed by atoms with Gasteiger partial charge in [0.2, 0.25) is 5.95 Å². The Morgan fingerprint density at radius 2 is 1.70 bits per heavy atom. The van der Waals surface area contributed by atoms with Gasteiger partial charge in [0.05, 0.1) is 0 Å². The van der Waals surface area contributed by atoms with Crippen LogP contribution in [0, 0.1) is 0 Å². The van der Waals surface area contributed by atoms with Crippen molar-refractivity contribution < 1.29 is 0 Å². The summed E-state index contributed by atoms with van der Waals surface area (Å²) in [5.41, 5.74) is 3.66. The lowest BCUT2D eigenvalue weighted by molar-refractivity contribution is 0.972. The molecule has 0 saturated heterocycles. The van der Waals surface area contributed by atoms with Crippen LogP contribution in [0.3, 0.4) is 0 Å². The summed E-state index contributed by atoms with van der Waals surface area (Å²) in [7, 11) is 1.98. The number of benzene rings is 2. The number of likely N-dealkylation sites (N-methyl/N-ethyl adjacent to an activating group) is 1. The Morgan fingerprint density at radius 1 is 1.00 bits per heavy atom. The molecule has 136 valence electrons. The average Bonchev–Trinajstić information content (AvgIpc) is 2.64. The molecule has 3 aromatic rings. The van der Waals surface area contributed by atoms with Gasteiger partial charge in [-0.15, -0.1) is 0 Å². The van der Waals surface area contributed by atoms with Crippen molar-refractivity contribution in [2.75, 3.05) is 23.8 Å². The van der Waals surface area contributed by atoms with Gasteiger partial charge in [-0.25, -0.2) is 4.98 Å². The maximum absolute atomic E-state index is 6.37. The third-order valence-electron chi connectivity index (χ3n) is 4.28. The van der Waals surface area contributed by atoms with E-state index in [9.17, 15) is 0 Å². The van der Waals surface area contributed by atoms with Crippen LogP contribution in [0.5, 0.6) is 0 Å². The third kappa shape index (κ3) is 3.74. The van der Waals surface area contributed by atoms with E-state index in [1.807, 2.05) is 55.6 Å². The molecule has 1 aliphatic heterocycles. The first kappa shape index (κ1) is 18.1. The quantitative estimate of drug-likeness (QED) is 0.553.